The molecule has 152 valence electrons. The molecule has 1 rings (SSSR count). The predicted octanol–water partition coefficient (Wildman–Crippen LogP) is -0.427. The maximum absolute atomic E-state index is 10.7. The molecule has 1 aromatic carbocycles. The van der Waals surface area contributed by atoms with E-state index in [1.54, 1.807) is 0 Å². The Morgan fingerprint density at radius 3 is 2.04 bits per heavy atom. The van der Waals surface area contributed by atoms with E-state index in [0.717, 1.165) is 0 Å². The molecule has 0 aliphatic rings. The number of phosphoric acid groups is 1. The quantitative estimate of drug-likeness (QED) is 0.248. The van der Waals surface area contributed by atoms with Gasteiger partial charge < -0.3 is 30.8 Å². The number of carboxylic acids is 2. The first-order valence-electron chi connectivity index (χ1n) is 6.91. The molecule has 8 N–H and O–H groups in total. The van der Waals surface area contributed by atoms with Gasteiger partial charge in [0.25, 0.3) is 0 Å². The summed E-state index contributed by atoms with van der Waals surface area (Å²) in [4.78, 5) is 36.9. The fourth-order valence-electron chi connectivity index (χ4n) is 1.43. The van der Waals surface area contributed by atoms with Crippen LogP contribution in [-0.4, -0.2) is 55.7 Å². The van der Waals surface area contributed by atoms with Gasteiger partial charge in [-0.2, -0.15) is 5.09 Å². The van der Waals surface area contributed by atoms with Gasteiger partial charge in [-0.25, -0.2) is 13.7 Å². The van der Waals surface area contributed by atoms with Crippen molar-refractivity contribution in [3.05, 3.63) is 29.8 Å². The van der Waals surface area contributed by atoms with Gasteiger partial charge in [0.1, 0.15) is 17.8 Å². The molecule has 1 aromatic rings. The summed E-state index contributed by atoms with van der Waals surface area (Å²) in [6.45, 7) is -0.709. The van der Waals surface area contributed by atoms with Crippen LogP contribution in [0.25, 0.3) is 0 Å². The number of phosphoric ester groups is 1. The van der Waals surface area contributed by atoms with Crippen LogP contribution in [-0.2, 0) is 34.2 Å². The second-order valence-corrected chi connectivity index (χ2v) is 6.89. The molecule has 0 radical (unpaired) electrons. The third kappa shape index (κ3) is 12.8. The summed E-state index contributed by atoms with van der Waals surface area (Å²) in [6.07, 6.45) is 0.0267. The minimum Gasteiger partial charge on any atom is -0.508 e. The van der Waals surface area contributed by atoms with Crippen molar-refractivity contribution in [1.82, 2.24) is 5.09 Å². The van der Waals surface area contributed by atoms with Crippen molar-refractivity contribution in [3.63, 3.8) is 0 Å². The Morgan fingerprint density at radius 1 is 1.15 bits per heavy atom. The van der Waals surface area contributed by atoms with E-state index in [1.165, 1.54) is 24.3 Å². The highest BCUT2D eigenvalue weighted by atomic mass is 31.2. The predicted molar refractivity (Wildman–Crippen MR) is 88.3 cm³/mol. The smallest absolute Gasteiger partial charge is 0.469 e. The van der Waals surface area contributed by atoms with E-state index in [-0.39, 0.29) is 12.2 Å². The van der Waals surface area contributed by atoms with Crippen molar-refractivity contribution in [2.45, 2.75) is 18.5 Å². The molecule has 0 saturated heterocycles. The Hall–Kier alpha value is -2.11. The minimum atomic E-state index is -4.60. The van der Waals surface area contributed by atoms with Crippen LogP contribution in [0.15, 0.2) is 24.3 Å². The Morgan fingerprint density at radius 2 is 1.67 bits per heavy atom. The number of hydrogen-bond donors (Lipinski definition) is 7. The van der Waals surface area contributed by atoms with Crippen LogP contribution in [0.4, 0.5) is 0 Å². The van der Waals surface area contributed by atoms with Crippen molar-refractivity contribution in [1.29, 1.82) is 0 Å². The topological polar surface area (TPSA) is 234 Å². The van der Waals surface area contributed by atoms with E-state index in [1.807, 2.05) is 5.09 Å². The maximum Gasteiger partial charge on any atom is 0.469 e. The Labute approximate surface area is 152 Å². The number of carbonyl (C=O) groups is 2. The molecule has 15 heteroatoms. The van der Waals surface area contributed by atoms with E-state index in [0.29, 0.717) is 5.56 Å². The Bertz CT molecular complexity index is 736. The first kappa shape index (κ1) is 24.9. The zero-order valence-electron chi connectivity index (χ0n) is 13.5. The molecule has 27 heavy (non-hydrogen) atoms. The molecule has 0 aliphatic carbocycles. The number of aromatic hydroxyl groups is 1. The first-order valence-corrected chi connectivity index (χ1v) is 9.62. The third-order valence-electron chi connectivity index (χ3n) is 2.67. The lowest BCUT2D eigenvalue weighted by Crippen LogP contribution is -2.34. The number of phenolic OH excluding ortho intramolecular Hbond substituents is 1. The number of nitrogens with one attached hydrogen (secondary N) is 1. The summed E-state index contributed by atoms with van der Waals surface area (Å²) in [5, 5.41) is 27.8. The Kier molecular flexibility index (Phi) is 10.7. The second kappa shape index (κ2) is 11.6. The average molecular weight is 428 g/mol. The number of phenols is 1. The molecule has 0 heterocycles. The van der Waals surface area contributed by atoms with Gasteiger partial charge in [0.2, 0.25) is 0 Å². The van der Waals surface area contributed by atoms with Gasteiger partial charge in [-0.05, 0) is 24.1 Å². The molecule has 0 amide bonds. The van der Waals surface area contributed by atoms with Gasteiger partial charge in [-0.3, -0.25) is 14.1 Å². The molecule has 0 fully saturated rings. The van der Waals surface area contributed by atoms with Crippen LogP contribution in [0.1, 0.15) is 5.56 Å². The van der Waals surface area contributed by atoms with E-state index in [4.69, 9.17) is 30.8 Å². The van der Waals surface area contributed by atoms with Crippen LogP contribution < -0.4 is 10.8 Å². The van der Waals surface area contributed by atoms with Gasteiger partial charge in [-0.1, -0.05) is 12.1 Å². The van der Waals surface area contributed by atoms with Crippen LogP contribution in [0, 0.1) is 0 Å². The van der Waals surface area contributed by atoms with Crippen LogP contribution in [0.2, 0.25) is 0 Å². The lowest BCUT2D eigenvalue weighted by atomic mass is 10.1. The van der Waals surface area contributed by atoms with Crippen molar-refractivity contribution < 1.29 is 52.9 Å². The standard InChI is InChI=1S/C9H10NO5P.C3H8NO6P/c11-7-3-1-6(2-4-7)5-8(9(12)13)10-16(14)15;4-2(3(5)6)1-10-11(7,8)9/h1-4,8,11H,5H2,(H,12,13)(H,10,14,15);2H,1,4H2,(H,5,6)(H2,7,8,9). The van der Waals surface area contributed by atoms with Crippen molar-refractivity contribution in [2.24, 2.45) is 5.73 Å². The zero-order chi connectivity index (χ0) is 21.2. The highest BCUT2D eigenvalue weighted by Crippen LogP contribution is 2.35. The summed E-state index contributed by atoms with van der Waals surface area (Å²) >= 11 is 0. The summed E-state index contributed by atoms with van der Waals surface area (Å²) in [7, 11) is -7.56. The number of nitrogens with two attached hydrogens (primary N) is 1. The fourth-order valence-corrected chi connectivity index (χ4v) is 2.24. The zero-order valence-corrected chi connectivity index (χ0v) is 15.3. The molecule has 0 spiro atoms. The molecule has 0 aromatic heterocycles. The van der Waals surface area contributed by atoms with E-state index >= 15 is 0 Å². The van der Waals surface area contributed by atoms with Crippen molar-refractivity contribution in [2.75, 3.05) is 6.61 Å². The third-order valence-corrected chi connectivity index (χ3v) is 3.68. The van der Waals surface area contributed by atoms with Gasteiger partial charge in [0.15, 0.2) is 0 Å². The van der Waals surface area contributed by atoms with Gasteiger partial charge in [-0.15, -0.1) is 0 Å². The second-order valence-electron chi connectivity index (χ2n) is 4.88. The van der Waals surface area contributed by atoms with Crippen LogP contribution in [0.5, 0.6) is 5.75 Å². The molecule has 2 atom stereocenters. The SMILES string of the molecule is NC(COP(=O)(O)O)C(=O)O.O=C(O)C(Cc1ccc(O)cc1)NP(=O)=O. The van der Waals surface area contributed by atoms with Crippen LogP contribution in [0.3, 0.4) is 0 Å². The van der Waals surface area contributed by atoms with Crippen molar-refractivity contribution in [3.8, 4) is 5.75 Å². The summed E-state index contributed by atoms with van der Waals surface area (Å²) in [5.74, 6) is -2.55. The van der Waals surface area contributed by atoms with E-state index < -0.39 is 46.3 Å². The minimum absolute atomic E-state index is 0.0267. The molecule has 2 unspecified atom stereocenters. The highest BCUT2D eigenvalue weighted by molar-refractivity contribution is 7.46. The number of carboxylic acid groups (broad SMARTS) is 2. The highest BCUT2D eigenvalue weighted by Gasteiger charge is 2.20. The lowest BCUT2D eigenvalue weighted by Gasteiger charge is -2.09. The van der Waals surface area contributed by atoms with Gasteiger partial charge >= 0.3 is 27.6 Å². The molecular formula is C12H18N2O11P2. The van der Waals surface area contributed by atoms with Crippen molar-refractivity contribution >= 4 is 27.6 Å². The summed E-state index contributed by atoms with van der Waals surface area (Å²) < 4.78 is 34.6. The number of hydrogen-bond acceptors (Lipinski definition) is 8. The monoisotopic (exact) mass is 428 g/mol. The molecular weight excluding hydrogens is 410 g/mol. The fraction of sp³-hybridized carbons (Fsp3) is 0.333. The molecule has 0 saturated carbocycles. The molecule has 13 nitrogen and oxygen atoms in total. The summed E-state index contributed by atoms with van der Waals surface area (Å²) in [6, 6.07) is 3.28. The first-order chi connectivity index (χ1) is 12.3. The summed E-state index contributed by atoms with van der Waals surface area (Å²) in [5.41, 5.74) is 5.48. The number of aliphatic carboxylic acids is 2. The lowest BCUT2D eigenvalue weighted by molar-refractivity contribution is -0.140. The van der Waals surface area contributed by atoms with Gasteiger partial charge in [0.05, 0.1) is 6.61 Å². The van der Waals surface area contributed by atoms with Crippen LogP contribution >= 0.6 is 15.7 Å². The Balaban J connectivity index is 0.000000541. The average Bonchev–Trinajstić information content (AvgIpc) is 2.53. The molecule has 0 bridgehead atoms. The van der Waals surface area contributed by atoms with E-state index in [2.05, 4.69) is 4.52 Å². The molecule has 0 aliphatic heterocycles. The number of benzene rings is 1. The normalized spacial score (nSPS) is 13.0. The maximum atomic E-state index is 10.7. The van der Waals surface area contributed by atoms with E-state index in [9.17, 15) is 23.3 Å². The largest absolute Gasteiger partial charge is 0.508 e. The van der Waals surface area contributed by atoms with Gasteiger partial charge in [0, 0.05) is 0 Å². The number of rotatable bonds is 9.